The summed E-state index contributed by atoms with van der Waals surface area (Å²) in [6, 6.07) is 5.03. The average molecular weight is 263 g/mol. The van der Waals surface area contributed by atoms with E-state index in [0.29, 0.717) is 6.54 Å². The first-order valence-corrected chi connectivity index (χ1v) is 6.05. The lowest BCUT2D eigenvalue weighted by molar-refractivity contribution is 0.112. The summed E-state index contributed by atoms with van der Waals surface area (Å²) in [7, 11) is 0. The first kappa shape index (κ1) is 13.3. The van der Waals surface area contributed by atoms with Crippen molar-refractivity contribution in [3.05, 3.63) is 29.6 Å². The van der Waals surface area contributed by atoms with Crippen molar-refractivity contribution in [2.24, 2.45) is 0 Å². The van der Waals surface area contributed by atoms with E-state index in [9.17, 15) is 9.18 Å². The molecule has 0 saturated carbocycles. The zero-order valence-electron chi connectivity index (χ0n) is 10.3. The molecule has 19 heavy (non-hydrogen) atoms. The number of carbonyl (C=O) groups is 1. The maximum absolute atomic E-state index is 12.9. The molecule has 100 valence electrons. The van der Waals surface area contributed by atoms with Crippen LogP contribution in [0.15, 0.2) is 18.2 Å². The molecule has 2 N–H and O–H groups in total. The van der Waals surface area contributed by atoms with Gasteiger partial charge in [-0.25, -0.2) is 9.18 Å². The highest BCUT2D eigenvalue weighted by atomic mass is 19.1. The first-order chi connectivity index (χ1) is 9.19. The van der Waals surface area contributed by atoms with Crippen LogP contribution in [0.25, 0.3) is 0 Å². The Hall–Kier alpha value is -2.13. The van der Waals surface area contributed by atoms with Crippen LogP contribution in [0.2, 0.25) is 0 Å². The van der Waals surface area contributed by atoms with Crippen LogP contribution in [0.1, 0.15) is 18.4 Å². The number of rotatable bonds is 3. The molecule has 1 aromatic rings. The second-order valence-electron chi connectivity index (χ2n) is 4.27. The van der Waals surface area contributed by atoms with Crippen LogP contribution < -0.4 is 10.6 Å². The van der Waals surface area contributed by atoms with Crippen LogP contribution >= 0.6 is 0 Å². The zero-order chi connectivity index (χ0) is 13.7. The second kappa shape index (κ2) is 6.16. The number of halogens is 1. The standard InChI is InChI=1S/C13H14FN3O2/c14-10-3-4-12(9(6-10)7-15)17-13(18)16-8-11-2-1-5-19-11/h3-4,6,11H,1-2,5,8H2,(H2,16,17,18). The Balaban J connectivity index is 1.89. The van der Waals surface area contributed by atoms with Crippen LogP contribution in [-0.2, 0) is 4.74 Å². The van der Waals surface area contributed by atoms with Gasteiger partial charge in [0, 0.05) is 13.2 Å². The molecular weight excluding hydrogens is 249 g/mol. The highest BCUT2D eigenvalue weighted by Crippen LogP contribution is 2.16. The molecular formula is C13H14FN3O2. The predicted octanol–water partition coefficient (Wildman–Crippen LogP) is 2.00. The molecule has 1 atom stereocenters. The highest BCUT2D eigenvalue weighted by molar-refractivity contribution is 5.90. The number of nitriles is 1. The molecule has 1 aromatic carbocycles. The van der Waals surface area contributed by atoms with Gasteiger partial charge in [-0.3, -0.25) is 0 Å². The van der Waals surface area contributed by atoms with Gasteiger partial charge in [-0.1, -0.05) is 0 Å². The second-order valence-corrected chi connectivity index (χ2v) is 4.27. The summed E-state index contributed by atoms with van der Waals surface area (Å²) >= 11 is 0. The Kier molecular flexibility index (Phi) is 4.31. The van der Waals surface area contributed by atoms with Crippen molar-refractivity contribution in [3.63, 3.8) is 0 Å². The third-order valence-electron chi connectivity index (χ3n) is 2.86. The van der Waals surface area contributed by atoms with E-state index < -0.39 is 11.8 Å². The summed E-state index contributed by atoms with van der Waals surface area (Å²) < 4.78 is 18.3. The van der Waals surface area contributed by atoms with Gasteiger partial charge in [0.25, 0.3) is 0 Å². The molecule has 2 rings (SSSR count). The number of amides is 2. The van der Waals surface area contributed by atoms with Crippen molar-refractivity contribution < 1.29 is 13.9 Å². The number of anilines is 1. The molecule has 0 bridgehead atoms. The van der Waals surface area contributed by atoms with Crippen LogP contribution in [-0.4, -0.2) is 25.3 Å². The largest absolute Gasteiger partial charge is 0.376 e. The summed E-state index contributed by atoms with van der Waals surface area (Å²) in [4.78, 5) is 11.6. The van der Waals surface area contributed by atoms with Gasteiger partial charge in [0.1, 0.15) is 11.9 Å². The quantitative estimate of drug-likeness (QED) is 0.875. The fraction of sp³-hybridized carbons (Fsp3) is 0.385. The Morgan fingerprint density at radius 2 is 2.42 bits per heavy atom. The van der Waals surface area contributed by atoms with Gasteiger partial charge in [0.2, 0.25) is 0 Å². The Labute approximate surface area is 110 Å². The van der Waals surface area contributed by atoms with Crippen LogP contribution in [0, 0.1) is 17.1 Å². The number of carbonyl (C=O) groups excluding carboxylic acids is 1. The van der Waals surface area contributed by atoms with Crippen molar-refractivity contribution in [1.82, 2.24) is 5.32 Å². The SMILES string of the molecule is N#Cc1cc(F)ccc1NC(=O)NCC1CCCO1. The van der Waals surface area contributed by atoms with E-state index in [4.69, 9.17) is 10.00 Å². The van der Waals surface area contributed by atoms with Gasteiger partial charge in [0.15, 0.2) is 0 Å². The number of ether oxygens (including phenoxy) is 1. The van der Waals surface area contributed by atoms with Crippen LogP contribution in [0.3, 0.4) is 0 Å². The Bertz CT molecular complexity index is 507. The van der Waals surface area contributed by atoms with Crippen molar-refractivity contribution in [2.75, 3.05) is 18.5 Å². The molecule has 1 fully saturated rings. The summed E-state index contributed by atoms with van der Waals surface area (Å²) in [6.07, 6.45) is 1.99. The van der Waals surface area contributed by atoms with E-state index in [0.717, 1.165) is 25.5 Å². The molecule has 5 nitrogen and oxygen atoms in total. The van der Waals surface area contributed by atoms with E-state index in [2.05, 4.69) is 10.6 Å². The van der Waals surface area contributed by atoms with Crippen LogP contribution in [0.4, 0.5) is 14.9 Å². The molecule has 0 spiro atoms. The number of benzene rings is 1. The van der Waals surface area contributed by atoms with Crippen molar-refractivity contribution in [2.45, 2.75) is 18.9 Å². The van der Waals surface area contributed by atoms with Gasteiger partial charge in [-0.15, -0.1) is 0 Å². The first-order valence-electron chi connectivity index (χ1n) is 6.05. The Morgan fingerprint density at radius 1 is 1.58 bits per heavy atom. The minimum Gasteiger partial charge on any atom is -0.376 e. The van der Waals surface area contributed by atoms with E-state index in [-0.39, 0.29) is 17.4 Å². The molecule has 0 radical (unpaired) electrons. The fourth-order valence-electron chi connectivity index (χ4n) is 1.90. The van der Waals surface area contributed by atoms with Gasteiger partial charge >= 0.3 is 6.03 Å². The molecule has 1 saturated heterocycles. The van der Waals surface area contributed by atoms with Crippen molar-refractivity contribution >= 4 is 11.7 Å². The van der Waals surface area contributed by atoms with Gasteiger partial charge in [-0.2, -0.15) is 5.26 Å². The molecule has 1 aliphatic rings. The summed E-state index contributed by atoms with van der Waals surface area (Å²) in [6.45, 7) is 1.15. The maximum atomic E-state index is 12.9. The smallest absolute Gasteiger partial charge is 0.319 e. The van der Waals surface area contributed by atoms with Gasteiger partial charge in [-0.05, 0) is 31.0 Å². The third kappa shape index (κ3) is 3.66. The average Bonchev–Trinajstić information content (AvgIpc) is 2.91. The molecule has 2 amide bonds. The van der Waals surface area contributed by atoms with Crippen molar-refractivity contribution in [3.8, 4) is 6.07 Å². The van der Waals surface area contributed by atoms with Gasteiger partial charge < -0.3 is 15.4 Å². The molecule has 0 aromatic heterocycles. The lowest BCUT2D eigenvalue weighted by atomic mass is 10.2. The number of nitrogens with zero attached hydrogens (tertiary/aromatic N) is 1. The van der Waals surface area contributed by atoms with Crippen molar-refractivity contribution in [1.29, 1.82) is 5.26 Å². The minimum atomic E-state index is -0.512. The third-order valence-corrected chi connectivity index (χ3v) is 2.86. The molecule has 1 heterocycles. The molecule has 0 aliphatic carbocycles. The van der Waals surface area contributed by atoms with E-state index in [1.165, 1.54) is 12.1 Å². The number of hydrogen-bond acceptors (Lipinski definition) is 3. The Morgan fingerprint density at radius 3 is 3.11 bits per heavy atom. The lowest BCUT2D eigenvalue weighted by Crippen LogP contribution is -2.35. The zero-order valence-corrected chi connectivity index (χ0v) is 10.3. The van der Waals surface area contributed by atoms with E-state index in [1.807, 2.05) is 6.07 Å². The predicted molar refractivity (Wildman–Crippen MR) is 67.1 cm³/mol. The molecule has 6 heteroatoms. The van der Waals surface area contributed by atoms with E-state index >= 15 is 0 Å². The molecule has 1 aliphatic heterocycles. The van der Waals surface area contributed by atoms with Gasteiger partial charge in [0.05, 0.1) is 17.4 Å². The minimum absolute atomic E-state index is 0.0504. The maximum Gasteiger partial charge on any atom is 0.319 e. The summed E-state index contributed by atoms with van der Waals surface area (Å²) in [5.41, 5.74) is 0.376. The highest BCUT2D eigenvalue weighted by Gasteiger charge is 2.16. The fourth-order valence-corrected chi connectivity index (χ4v) is 1.90. The number of urea groups is 1. The van der Waals surface area contributed by atoms with Crippen LogP contribution in [0.5, 0.6) is 0 Å². The topological polar surface area (TPSA) is 74.2 Å². The lowest BCUT2D eigenvalue weighted by Gasteiger charge is -2.12. The monoisotopic (exact) mass is 263 g/mol. The normalized spacial score (nSPS) is 17.8. The van der Waals surface area contributed by atoms with E-state index in [1.54, 1.807) is 0 Å². The summed E-state index contributed by atoms with van der Waals surface area (Å²) in [5, 5.41) is 14.0. The molecule has 1 unspecified atom stereocenters. The summed E-state index contributed by atoms with van der Waals surface area (Å²) in [5.74, 6) is -0.512. The number of hydrogen-bond donors (Lipinski definition) is 2. The number of nitrogens with one attached hydrogen (secondary N) is 2.